The van der Waals surface area contributed by atoms with Gasteiger partial charge in [0.2, 0.25) is 5.91 Å². The van der Waals surface area contributed by atoms with Crippen molar-refractivity contribution < 1.29 is 9.90 Å². The van der Waals surface area contributed by atoms with Crippen molar-refractivity contribution in [2.24, 2.45) is 11.7 Å². The van der Waals surface area contributed by atoms with Gasteiger partial charge in [0, 0.05) is 24.0 Å². The summed E-state index contributed by atoms with van der Waals surface area (Å²) >= 11 is 0. The Morgan fingerprint density at radius 1 is 1.00 bits per heavy atom. The van der Waals surface area contributed by atoms with Crippen molar-refractivity contribution in [3.63, 3.8) is 0 Å². The van der Waals surface area contributed by atoms with E-state index in [-0.39, 0.29) is 12.0 Å². The highest BCUT2D eigenvalue weighted by molar-refractivity contribution is 5.80. The van der Waals surface area contributed by atoms with Crippen molar-refractivity contribution in [1.29, 1.82) is 0 Å². The number of fused-ring (bicyclic) bond motifs is 2. The Hall–Kier alpha value is -0.610. The normalized spacial score (nSPS) is 44.1. The van der Waals surface area contributed by atoms with Crippen LogP contribution in [0.25, 0.3) is 0 Å². The Balaban J connectivity index is 1.66. The lowest BCUT2D eigenvalue weighted by Gasteiger charge is -2.40. The van der Waals surface area contributed by atoms with E-state index in [1.54, 1.807) is 0 Å². The van der Waals surface area contributed by atoms with Crippen molar-refractivity contribution in [1.82, 2.24) is 4.90 Å². The Morgan fingerprint density at radius 2 is 1.56 bits per heavy atom. The molecule has 0 radical (unpaired) electrons. The quantitative estimate of drug-likeness (QED) is 0.732. The van der Waals surface area contributed by atoms with Gasteiger partial charge < -0.3 is 15.7 Å². The zero-order valence-corrected chi connectivity index (χ0v) is 10.9. The number of hydrogen-bond donors (Lipinski definition) is 2. The second-order valence-electron chi connectivity index (χ2n) is 6.37. The third-order valence-electron chi connectivity index (χ3n) is 5.08. The largest absolute Gasteiger partial charge is 0.393 e. The van der Waals surface area contributed by atoms with Crippen LogP contribution in [0.15, 0.2) is 0 Å². The van der Waals surface area contributed by atoms with Gasteiger partial charge in [0.05, 0.1) is 6.10 Å². The average Bonchev–Trinajstić information content (AvgIpc) is 2.62. The van der Waals surface area contributed by atoms with Crippen molar-refractivity contribution in [2.45, 2.75) is 75.6 Å². The molecule has 2 atom stereocenters. The average molecular weight is 252 g/mol. The first-order valence-electron chi connectivity index (χ1n) is 7.41. The molecule has 3 aliphatic rings. The highest BCUT2D eigenvalue weighted by atomic mass is 16.3. The Kier molecular flexibility index (Phi) is 3.32. The molecule has 102 valence electrons. The number of rotatable bonds is 1. The van der Waals surface area contributed by atoms with Crippen molar-refractivity contribution in [3.8, 4) is 0 Å². The van der Waals surface area contributed by atoms with Crippen LogP contribution in [0.2, 0.25) is 0 Å². The maximum absolute atomic E-state index is 12.6. The molecule has 3 N–H and O–H groups in total. The summed E-state index contributed by atoms with van der Waals surface area (Å²) in [4.78, 5) is 14.8. The standard InChI is InChI=1S/C14H24N2O2/c15-10-3-1-9(2-4-10)14(18)16-11-5-6-12(16)8-13(17)7-11/h9-13,17H,1-8,15H2. The van der Waals surface area contributed by atoms with Crippen LogP contribution in [0.3, 0.4) is 0 Å². The van der Waals surface area contributed by atoms with Gasteiger partial charge in [0.15, 0.2) is 0 Å². The Labute approximate surface area is 109 Å². The van der Waals surface area contributed by atoms with Crippen LogP contribution in [0, 0.1) is 5.92 Å². The summed E-state index contributed by atoms with van der Waals surface area (Å²) in [5.41, 5.74) is 5.90. The lowest BCUT2D eigenvalue weighted by molar-refractivity contribution is -0.143. The van der Waals surface area contributed by atoms with E-state index < -0.39 is 0 Å². The third-order valence-corrected chi connectivity index (χ3v) is 5.08. The van der Waals surface area contributed by atoms with E-state index in [1.807, 2.05) is 0 Å². The van der Waals surface area contributed by atoms with Crippen LogP contribution in [0.4, 0.5) is 0 Å². The molecule has 2 bridgehead atoms. The molecule has 0 aromatic carbocycles. The van der Waals surface area contributed by atoms with Gasteiger partial charge in [-0.1, -0.05) is 0 Å². The van der Waals surface area contributed by atoms with Crippen LogP contribution in [0.5, 0.6) is 0 Å². The van der Waals surface area contributed by atoms with Gasteiger partial charge in [-0.3, -0.25) is 4.79 Å². The van der Waals surface area contributed by atoms with E-state index in [1.165, 1.54) is 0 Å². The molecule has 1 saturated carbocycles. The van der Waals surface area contributed by atoms with Gasteiger partial charge >= 0.3 is 0 Å². The van der Waals surface area contributed by atoms with E-state index in [4.69, 9.17) is 5.73 Å². The fraction of sp³-hybridized carbons (Fsp3) is 0.929. The summed E-state index contributed by atoms with van der Waals surface area (Å²) < 4.78 is 0. The van der Waals surface area contributed by atoms with Crippen LogP contribution in [0.1, 0.15) is 51.4 Å². The second kappa shape index (κ2) is 4.82. The van der Waals surface area contributed by atoms with Crippen molar-refractivity contribution in [3.05, 3.63) is 0 Å². The van der Waals surface area contributed by atoms with Gasteiger partial charge in [0.1, 0.15) is 0 Å². The number of carbonyl (C=O) groups is 1. The first-order chi connectivity index (χ1) is 8.65. The Bertz CT molecular complexity index is 312. The number of aliphatic hydroxyl groups excluding tert-OH is 1. The van der Waals surface area contributed by atoms with Crippen LogP contribution in [-0.2, 0) is 4.79 Å². The molecular weight excluding hydrogens is 228 g/mol. The van der Waals surface area contributed by atoms with Gasteiger partial charge in [-0.2, -0.15) is 0 Å². The summed E-state index contributed by atoms with van der Waals surface area (Å²) in [6, 6.07) is 0.914. The molecule has 1 amide bonds. The summed E-state index contributed by atoms with van der Waals surface area (Å²) in [5, 5.41) is 9.78. The zero-order chi connectivity index (χ0) is 12.7. The molecule has 4 nitrogen and oxygen atoms in total. The van der Waals surface area contributed by atoms with Gasteiger partial charge in [0.25, 0.3) is 0 Å². The van der Waals surface area contributed by atoms with E-state index in [9.17, 15) is 9.90 Å². The molecule has 18 heavy (non-hydrogen) atoms. The number of hydrogen-bond acceptors (Lipinski definition) is 3. The first kappa shape index (κ1) is 12.4. The predicted octanol–water partition coefficient (Wildman–Crippen LogP) is 1.02. The number of amides is 1. The lowest BCUT2D eigenvalue weighted by Crippen LogP contribution is -2.50. The first-order valence-corrected chi connectivity index (χ1v) is 7.41. The molecule has 2 aliphatic heterocycles. The van der Waals surface area contributed by atoms with E-state index in [2.05, 4.69) is 4.90 Å². The maximum atomic E-state index is 12.6. The summed E-state index contributed by atoms with van der Waals surface area (Å²) in [6.07, 6.45) is 7.44. The summed E-state index contributed by atoms with van der Waals surface area (Å²) in [5.74, 6) is 0.546. The number of piperidine rings is 1. The van der Waals surface area contributed by atoms with Crippen LogP contribution < -0.4 is 5.73 Å². The number of nitrogens with zero attached hydrogens (tertiary/aromatic N) is 1. The molecule has 3 rings (SSSR count). The molecule has 3 fully saturated rings. The van der Waals surface area contributed by atoms with Crippen molar-refractivity contribution >= 4 is 5.91 Å². The number of aliphatic hydroxyl groups is 1. The SMILES string of the molecule is NC1CCC(C(=O)N2C3CCC2CC(O)C3)CC1. The smallest absolute Gasteiger partial charge is 0.226 e. The molecule has 0 aromatic rings. The van der Waals surface area contributed by atoms with Crippen LogP contribution >= 0.6 is 0 Å². The van der Waals surface area contributed by atoms with Gasteiger partial charge in [-0.05, 0) is 51.4 Å². The summed E-state index contributed by atoms with van der Waals surface area (Å²) in [6.45, 7) is 0. The number of nitrogens with two attached hydrogens (primary N) is 1. The molecule has 2 heterocycles. The Morgan fingerprint density at radius 3 is 2.11 bits per heavy atom. The molecule has 0 spiro atoms. The minimum absolute atomic E-state index is 0.189. The highest BCUT2D eigenvalue weighted by Crippen LogP contribution is 2.38. The molecular formula is C14H24N2O2. The fourth-order valence-electron chi connectivity index (χ4n) is 4.09. The minimum Gasteiger partial charge on any atom is -0.393 e. The molecule has 2 unspecified atom stereocenters. The summed E-state index contributed by atoms with van der Waals surface area (Å²) in [7, 11) is 0. The van der Waals surface area contributed by atoms with E-state index in [0.717, 1.165) is 51.4 Å². The molecule has 4 heteroatoms. The third kappa shape index (κ3) is 2.16. The fourth-order valence-corrected chi connectivity index (χ4v) is 4.09. The van der Waals surface area contributed by atoms with Crippen LogP contribution in [-0.4, -0.2) is 40.1 Å². The molecule has 0 aromatic heterocycles. The minimum atomic E-state index is -0.189. The monoisotopic (exact) mass is 252 g/mol. The maximum Gasteiger partial charge on any atom is 0.226 e. The molecule has 1 aliphatic carbocycles. The molecule has 2 saturated heterocycles. The zero-order valence-electron chi connectivity index (χ0n) is 10.9. The highest BCUT2D eigenvalue weighted by Gasteiger charge is 2.44. The van der Waals surface area contributed by atoms with E-state index >= 15 is 0 Å². The van der Waals surface area contributed by atoms with Crippen molar-refractivity contribution in [2.75, 3.05) is 0 Å². The topological polar surface area (TPSA) is 66.6 Å². The van der Waals surface area contributed by atoms with Gasteiger partial charge in [-0.15, -0.1) is 0 Å². The number of carbonyl (C=O) groups excluding carboxylic acids is 1. The lowest BCUT2D eigenvalue weighted by atomic mass is 9.84. The predicted molar refractivity (Wildman–Crippen MR) is 68.8 cm³/mol. The second-order valence-corrected chi connectivity index (χ2v) is 6.37. The van der Waals surface area contributed by atoms with Gasteiger partial charge in [-0.25, -0.2) is 0 Å². The van der Waals surface area contributed by atoms with E-state index in [0.29, 0.717) is 24.0 Å².